The molecule has 0 bridgehead atoms. The van der Waals surface area contributed by atoms with Crippen LogP contribution in [0.2, 0.25) is 0 Å². The Morgan fingerprint density at radius 3 is 1.52 bits per heavy atom. The van der Waals surface area contributed by atoms with Gasteiger partial charge in [-0.25, -0.2) is 0 Å². The second-order valence-corrected chi connectivity index (χ2v) is 19.5. The monoisotopic (exact) mass is 821 g/mol. The van der Waals surface area contributed by atoms with E-state index in [1.54, 1.807) is 0 Å². The lowest BCUT2D eigenvalue weighted by Gasteiger charge is -2.35. The van der Waals surface area contributed by atoms with E-state index in [4.69, 9.17) is 0 Å². The molecule has 0 atom stereocenters. The Labute approximate surface area is 375 Å². The van der Waals surface area contributed by atoms with Crippen LogP contribution in [-0.2, 0) is 16.2 Å². The van der Waals surface area contributed by atoms with Gasteiger partial charge >= 0.3 is 0 Å². The summed E-state index contributed by atoms with van der Waals surface area (Å²) in [6, 6.07) is 65.8. The molecular weight excluding hydrogens is 775 g/mol. The second kappa shape index (κ2) is 13.1. The topological polar surface area (TPSA) is 20.3 Å². The largest absolute Gasteiger partial charge is 0.314 e. The first-order valence-electron chi connectivity index (χ1n) is 22.8. The average molecular weight is 822 g/mol. The highest BCUT2D eigenvalue weighted by molar-refractivity contribution is 5.97. The summed E-state index contributed by atoms with van der Waals surface area (Å²) in [6.07, 6.45) is 5.40. The van der Waals surface area contributed by atoms with Gasteiger partial charge in [-0.05, 0) is 149 Å². The number of nitrogens with zero attached hydrogens (tertiary/aromatic N) is 1. The van der Waals surface area contributed by atoms with Crippen LogP contribution in [0.25, 0.3) is 50.1 Å². The van der Waals surface area contributed by atoms with Crippen molar-refractivity contribution in [2.75, 3.05) is 4.90 Å². The fraction of sp³-hybridized carbons (Fsp3) is 0.145. The van der Waals surface area contributed by atoms with Crippen molar-refractivity contribution in [3.05, 3.63) is 243 Å². The Balaban J connectivity index is 1.06. The standard InChI is InChI=1S/C62H47NO/c1-60(2)52-17-9-5-13-44(52)48-30-26-41(34-56(48)60)63(42-27-31-49-45-14-6-10-18-53(45)61(3,4)57(49)35-42)43-28-32-51-50-29-25-40(39-23-21-38(37-64)22-24-39)33-58(50)62(59(51)36-43)54-19-11-7-15-46(54)47-16-8-12-20-55(47)62/h5-26,28-30,32-37H,27,31H2,1-4H3. The van der Waals surface area contributed by atoms with Crippen LogP contribution in [0.1, 0.15) is 95.4 Å². The van der Waals surface area contributed by atoms with Crippen LogP contribution < -0.4 is 4.90 Å². The highest BCUT2D eigenvalue weighted by atomic mass is 16.1. The lowest BCUT2D eigenvalue weighted by atomic mass is 9.70. The molecule has 0 radical (unpaired) electrons. The van der Waals surface area contributed by atoms with E-state index in [2.05, 4.69) is 202 Å². The molecule has 2 nitrogen and oxygen atoms in total. The SMILES string of the molecule is CC1(C)C2=C(CCC(N(c3ccc4c(c3)C(C)(C)c3ccccc3-4)c3ccc4c(c3)C3(c5ccccc5-c5ccccc53)c3cc(-c5ccc(C=O)cc5)ccc3-4)=C2)c2ccccc21. The molecule has 0 fully saturated rings. The van der Waals surface area contributed by atoms with Gasteiger partial charge in [-0.3, -0.25) is 4.79 Å². The first kappa shape index (κ1) is 37.3. The molecule has 0 saturated carbocycles. The number of fused-ring (bicyclic) bond motifs is 15. The summed E-state index contributed by atoms with van der Waals surface area (Å²) in [7, 11) is 0. The van der Waals surface area contributed by atoms with Crippen molar-refractivity contribution in [3.63, 3.8) is 0 Å². The molecule has 64 heavy (non-hydrogen) atoms. The number of rotatable bonds is 5. The molecule has 0 aromatic heterocycles. The van der Waals surface area contributed by atoms with Gasteiger partial charge in [0.1, 0.15) is 6.29 Å². The van der Waals surface area contributed by atoms with Crippen LogP contribution in [0.3, 0.4) is 0 Å². The Kier molecular flexibility index (Phi) is 7.65. The summed E-state index contributed by atoms with van der Waals surface area (Å²) < 4.78 is 0. The van der Waals surface area contributed by atoms with Crippen molar-refractivity contribution in [1.82, 2.24) is 0 Å². The fourth-order valence-corrected chi connectivity index (χ4v) is 12.7. The molecule has 8 aromatic rings. The quantitative estimate of drug-likeness (QED) is 0.161. The zero-order valence-corrected chi connectivity index (χ0v) is 36.7. The molecule has 1 spiro atoms. The minimum Gasteiger partial charge on any atom is -0.314 e. The Hall–Kier alpha value is -7.29. The van der Waals surface area contributed by atoms with E-state index >= 15 is 0 Å². The highest BCUT2D eigenvalue weighted by Gasteiger charge is 2.52. The molecule has 306 valence electrons. The summed E-state index contributed by atoms with van der Waals surface area (Å²) >= 11 is 0. The summed E-state index contributed by atoms with van der Waals surface area (Å²) in [5, 5.41) is 0. The minimum atomic E-state index is -0.536. The smallest absolute Gasteiger partial charge is 0.150 e. The Morgan fingerprint density at radius 1 is 0.422 bits per heavy atom. The van der Waals surface area contributed by atoms with Gasteiger partial charge in [0.2, 0.25) is 0 Å². The van der Waals surface area contributed by atoms with Crippen molar-refractivity contribution in [2.24, 2.45) is 0 Å². The first-order chi connectivity index (χ1) is 31.2. The first-order valence-corrected chi connectivity index (χ1v) is 22.8. The second-order valence-electron chi connectivity index (χ2n) is 19.5. The number of hydrogen-bond acceptors (Lipinski definition) is 2. The molecule has 8 aromatic carbocycles. The van der Waals surface area contributed by atoms with Crippen LogP contribution in [0.15, 0.2) is 193 Å². The zero-order valence-electron chi connectivity index (χ0n) is 36.7. The Bertz CT molecular complexity index is 3360. The third-order valence-corrected chi connectivity index (χ3v) is 15.7. The molecule has 13 rings (SSSR count). The molecule has 0 aliphatic heterocycles. The third-order valence-electron chi connectivity index (χ3n) is 15.7. The Morgan fingerprint density at radius 2 is 0.891 bits per heavy atom. The molecule has 2 heteroatoms. The molecular formula is C62H47NO. The molecule has 5 aliphatic rings. The van der Waals surface area contributed by atoms with Gasteiger partial charge in [-0.15, -0.1) is 0 Å². The maximum atomic E-state index is 11.6. The summed E-state index contributed by atoms with van der Waals surface area (Å²) in [6.45, 7) is 9.58. The predicted octanol–water partition coefficient (Wildman–Crippen LogP) is 15.4. The number of hydrogen-bond donors (Lipinski definition) is 0. The average Bonchev–Trinajstić information content (AvgIpc) is 3.96. The van der Waals surface area contributed by atoms with E-state index in [1.807, 2.05) is 12.1 Å². The molecule has 5 aliphatic carbocycles. The van der Waals surface area contributed by atoms with Gasteiger partial charge in [0.25, 0.3) is 0 Å². The van der Waals surface area contributed by atoms with E-state index in [1.165, 1.54) is 106 Å². The molecule has 0 heterocycles. The van der Waals surface area contributed by atoms with Crippen molar-refractivity contribution in [3.8, 4) is 44.5 Å². The van der Waals surface area contributed by atoms with Crippen molar-refractivity contribution in [1.29, 1.82) is 0 Å². The van der Waals surface area contributed by atoms with Gasteiger partial charge in [-0.2, -0.15) is 0 Å². The number of aldehydes is 1. The van der Waals surface area contributed by atoms with Crippen molar-refractivity contribution >= 4 is 23.2 Å². The van der Waals surface area contributed by atoms with Crippen molar-refractivity contribution in [2.45, 2.75) is 56.8 Å². The summed E-state index contributed by atoms with van der Waals surface area (Å²) in [5.74, 6) is 0. The highest BCUT2D eigenvalue weighted by Crippen LogP contribution is 2.64. The number of allylic oxidation sites excluding steroid dienone is 4. The van der Waals surface area contributed by atoms with Crippen LogP contribution >= 0.6 is 0 Å². The number of anilines is 2. The molecule has 0 unspecified atom stereocenters. The van der Waals surface area contributed by atoms with Gasteiger partial charge in [-0.1, -0.05) is 173 Å². The molecule has 0 N–H and O–H groups in total. The van der Waals surface area contributed by atoms with E-state index in [9.17, 15) is 4.79 Å². The van der Waals surface area contributed by atoms with E-state index < -0.39 is 5.41 Å². The van der Waals surface area contributed by atoms with E-state index in [0.717, 1.165) is 30.3 Å². The number of carbonyl (C=O) groups is 1. The summed E-state index contributed by atoms with van der Waals surface area (Å²) in [4.78, 5) is 14.2. The van der Waals surface area contributed by atoms with Crippen molar-refractivity contribution < 1.29 is 4.79 Å². The van der Waals surface area contributed by atoms with Crippen LogP contribution in [0.5, 0.6) is 0 Å². The lowest BCUT2D eigenvalue weighted by molar-refractivity contribution is 0.112. The van der Waals surface area contributed by atoms with Crippen LogP contribution in [-0.4, -0.2) is 6.29 Å². The third kappa shape index (κ3) is 4.83. The van der Waals surface area contributed by atoms with Gasteiger partial charge < -0.3 is 4.90 Å². The van der Waals surface area contributed by atoms with Gasteiger partial charge in [0.15, 0.2) is 0 Å². The number of carbonyl (C=O) groups excluding carboxylic acids is 1. The zero-order chi connectivity index (χ0) is 43.1. The fourth-order valence-electron chi connectivity index (χ4n) is 12.7. The normalized spacial score (nSPS) is 16.8. The van der Waals surface area contributed by atoms with Gasteiger partial charge in [0.05, 0.1) is 5.41 Å². The van der Waals surface area contributed by atoms with E-state index in [-0.39, 0.29) is 10.8 Å². The maximum absolute atomic E-state index is 11.6. The minimum absolute atomic E-state index is 0.100. The molecule has 0 amide bonds. The van der Waals surface area contributed by atoms with Crippen LogP contribution in [0, 0.1) is 0 Å². The number of benzene rings is 8. The predicted molar refractivity (Wildman–Crippen MR) is 263 cm³/mol. The van der Waals surface area contributed by atoms with E-state index in [0.29, 0.717) is 5.56 Å². The lowest BCUT2D eigenvalue weighted by Crippen LogP contribution is -2.27. The van der Waals surface area contributed by atoms with Crippen LogP contribution in [0.4, 0.5) is 11.4 Å². The van der Waals surface area contributed by atoms with Gasteiger partial charge in [0, 0.05) is 33.5 Å². The maximum Gasteiger partial charge on any atom is 0.150 e. The molecule has 0 saturated heterocycles. The summed E-state index contributed by atoms with van der Waals surface area (Å²) in [5.41, 5.74) is 27.4.